The Hall–Kier alpha value is -3.75. The van der Waals surface area contributed by atoms with Gasteiger partial charge in [0.15, 0.2) is 11.5 Å². The van der Waals surface area contributed by atoms with Gasteiger partial charge in [-0.1, -0.05) is 0 Å². The number of nitrogen functional groups attached to an aromatic ring is 1. The number of rotatable bonds is 14. The Labute approximate surface area is 255 Å². The van der Waals surface area contributed by atoms with Crippen molar-refractivity contribution in [1.29, 1.82) is 0 Å². The van der Waals surface area contributed by atoms with Crippen molar-refractivity contribution in [3.63, 3.8) is 0 Å². The summed E-state index contributed by atoms with van der Waals surface area (Å²) >= 11 is 0. The summed E-state index contributed by atoms with van der Waals surface area (Å²) < 4.78 is 37.7. The van der Waals surface area contributed by atoms with Gasteiger partial charge in [0.05, 0.1) is 32.2 Å². The fourth-order valence-corrected chi connectivity index (χ4v) is 6.02. The van der Waals surface area contributed by atoms with Gasteiger partial charge in [-0.2, -0.15) is 4.98 Å². The lowest BCUT2D eigenvalue weighted by atomic mass is 10.2. The number of aliphatic hydroxyl groups is 2. The molecule has 11 N–H and O–H groups in total. The molecular weight excluding hydrogens is 617 g/mol. The van der Waals surface area contributed by atoms with Crippen molar-refractivity contribution < 1.29 is 43.2 Å². The number of hydrogen-bond acceptors (Lipinski definition) is 14. The molecule has 2 fully saturated rings. The number of fused-ring (bicyclic) bond motifs is 1. The predicted molar refractivity (Wildman–Crippen MR) is 156 cm³/mol. The van der Waals surface area contributed by atoms with Crippen molar-refractivity contribution in [1.82, 2.24) is 29.1 Å². The summed E-state index contributed by atoms with van der Waals surface area (Å²) in [5.74, 6) is 0.710. The largest absolute Gasteiger partial charge is 0.472 e. The molecule has 246 valence electrons. The zero-order valence-electron chi connectivity index (χ0n) is 24.1. The molecule has 20 nitrogen and oxygen atoms in total. The molecule has 0 aromatic carbocycles. The standard InChI is InChI=1S/C24H36N11O9P/c25-21-20-22(31-11-30-21)35(12-32-20)18-7-13(37)16(43-18)10-41-45(39,40)44-14-8-19(42-15(14)9-36)34-6-3-17(33-24(34)38)28-4-1-2-5-29-23(26)27/h3,6,11-16,18-19,36-37H,1-2,4-5,7-10H2,(H,39,40)(H2,25,30,31)(H4,26,27,29)(H,28,33,38)/p+1. The van der Waals surface area contributed by atoms with Crippen LogP contribution in [0.1, 0.15) is 38.1 Å². The first-order valence-corrected chi connectivity index (χ1v) is 15.7. The van der Waals surface area contributed by atoms with E-state index in [4.69, 9.17) is 35.7 Å². The van der Waals surface area contributed by atoms with E-state index in [0.717, 1.165) is 12.8 Å². The first kappa shape index (κ1) is 32.6. The number of nitrogens with zero attached hydrogens (tertiary/aromatic N) is 6. The maximum absolute atomic E-state index is 12.9. The topological polar surface area (TPSA) is 297 Å². The van der Waals surface area contributed by atoms with Gasteiger partial charge >= 0.3 is 19.5 Å². The molecule has 5 rings (SSSR count). The Bertz CT molecular complexity index is 1600. The summed E-state index contributed by atoms with van der Waals surface area (Å²) in [5, 5.41) is 23.4. The number of aliphatic hydroxyl groups excluding tert-OH is 2. The van der Waals surface area contributed by atoms with E-state index in [1.165, 1.54) is 23.4 Å². The van der Waals surface area contributed by atoms with Gasteiger partial charge in [-0.25, -0.2) is 24.3 Å². The average molecular weight is 655 g/mol. The highest BCUT2D eigenvalue weighted by Crippen LogP contribution is 2.49. The Morgan fingerprint density at radius 3 is 2.69 bits per heavy atom. The van der Waals surface area contributed by atoms with E-state index < -0.39 is 63.6 Å². The molecule has 5 heterocycles. The monoisotopic (exact) mass is 654 g/mol. The minimum atomic E-state index is -4.73. The molecule has 2 saturated heterocycles. The molecule has 7 atom stereocenters. The second kappa shape index (κ2) is 14.1. The van der Waals surface area contributed by atoms with E-state index in [1.54, 1.807) is 10.6 Å². The van der Waals surface area contributed by atoms with Crippen LogP contribution in [0, 0.1) is 0 Å². The predicted octanol–water partition coefficient (Wildman–Crippen LogP) is -3.36. The van der Waals surface area contributed by atoms with Gasteiger partial charge in [-0.05, 0) is 18.9 Å². The number of aromatic nitrogens is 6. The third-order valence-electron chi connectivity index (χ3n) is 7.31. The molecule has 0 spiro atoms. The van der Waals surface area contributed by atoms with Crippen LogP contribution in [0.3, 0.4) is 0 Å². The lowest BCUT2D eigenvalue weighted by Crippen LogP contribution is -2.78. The summed E-state index contributed by atoms with van der Waals surface area (Å²) in [6.07, 6.45) is 0.0829. The van der Waals surface area contributed by atoms with Gasteiger partial charge in [0.1, 0.15) is 48.4 Å². The highest BCUT2D eigenvalue weighted by atomic mass is 31.2. The van der Waals surface area contributed by atoms with Gasteiger partial charge in [-0.15, -0.1) is 0 Å². The van der Waals surface area contributed by atoms with E-state index in [9.17, 15) is 24.5 Å². The van der Waals surface area contributed by atoms with Crippen LogP contribution in [0.5, 0.6) is 0 Å². The Balaban J connectivity index is 1.13. The smallest absolute Gasteiger partial charge is 0.394 e. The quantitative estimate of drug-likeness (QED) is 0.0364. The lowest BCUT2D eigenvalue weighted by molar-refractivity contribution is -0.459. The molecule has 45 heavy (non-hydrogen) atoms. The molecule has 0 saturated carbocycles. The number of hydrogen-bond donors (Lipinski definition) is 8. The average Bonchev–Trinajstić information content (AvgIpc) is 3.70. The highest BCUT2D eigenvalue weighted by Gasteiger charge is 2.43. The van der Waals surface area contributed by atoms with Crippen LogP contribution < -0.4 is 33.2 Å². The lowest BCUT2D eigenvalue weighted by Gasteiger charge is -2.21. The molecule has 0 aliphatic carbocycles. The van der Waals surface area contributed by atoms with E-state index in [1.807, 2.05) is 0 Å². The van der Waals surface area contributed by atoms with Crippen molar-refractivity contribution in [3.8, 4) is 0 Å². The van der Waals surface area contributed by atoms with Gasteiger partial charge in [0.25, 0.3) is 0 Å². The summed E-state index contributed by atoms with van der Waals surface area (Å²) in [5.41, 5.74) is 16.7. The van der Waals surface area contributed by atoms with Gasteiger partial charge < -0.3 is 35.6 Å². The van der Waals surface area contributed by atoms with Crippen LogP contribution >= 0.6 is 7.82 Å². The molecule has 0 amide bonds. The molecule has 0 bridgehead atoms. The molecule has 0 radical (unpaired) electrons. The zero-order chi connectivity index (χ0) is 32.1. The normalized spacial score (nSPS) is 26.2. The number of phosphoric acid groups is 1. The SMILES string of the molecule is NC(N)=[NH+]CCCCNc1ccn(C2CC(OP(=O)(O)OCC3OC(n4cnc5c(N)ncnc54)CC3O)C(CO)O2)c(=O)n1. The van der Waals surface area contributed by atoms with Crippen molar-refractivity contribution in [2.75, 3.05) is 37.4 Å². The van der Waals surface area contributed by atoms with Gasteiger partial charge in [-0.3, -0.25) is 34.6 Å². The Kier molecular flexibility index (Phi) is 10.2. The first-order chi connectivity index (χ1) is 21.5. The van der Waals surface area contributed by atoms with Crippen LogP contribution in [0.15, 0.2) is 29.7 Å². The van der Waals surface area contributed by atoms with Crippen LogP contribution in [-0.4, -0.2) is 101 Å². The van der Waals surface area contributed by atoms with Crippen molar-refractivity contribution >= 4 is 36.6 Å². The molecule has 2 aliphatic rings. The summed E-state index contributed by atoms with van der Waals surface area (Å²) in [4.78, 5) is 42.2. The molecular formula is C24H37N11O9P+. The van der Waals surface area contributed by atoms with Crippen molar-refractivity contribution in [2.45, 2.75) is 62.6 Å². The fraction of sp³-hybridized carbons (Fsp3) is 0.583. The summed E-state index contributed by atoms with van der Waals surface area (Å²) in [6, 6.07) is 1.59. The summed E-state index contributed by atoms with van der Waals surface area (Å²) in [7, 11) is -4.73. The third-order valence-corrected chi connectivity index (χ3v) is 8.32. The number of nitrogens with two attached hydrogens (primary N) is 3. The van der Waals surface area contributed by atoms with Crippen LogP contribution in [-0.2, 0) is 23.1 Å². The molecule has 7 unspecified atom stereocenters. The second-order valence-corrected chi connectivity index (χ2v) is 11.9. The van der Waals surface area contributed by atoms with E-state index in [0.29, 0.717) is 30.1 Å². The molecule has 2 aliphatic heterocycles. The van der Waals surface area contributed by atoms with Crippen molar-refractivity contribution in [3.05, 3.63) is 35.4 Å². The number of phosphoric ester groups is 1. The Morgan fingerprint density at radius 1 is 1.16 bits per heavy atom. The maximum Gasteiger partial charge on any atom is 0.472 e. The summed E-state index contributed by atoms with van der Waals surface area (Å²) in [6.45, 7) is 0.144. The van der Waals surface area contributed by atoms with E-state index in [-0.39, 0.29) is 24.6 Å². The van der Waals surface area contributed by atoms with Gasteiger partial charge in [0.2, 0.25) is 0 Å². The zero-order valence-corrected chi connectivity index (χ0v) is 25.0. The number of imidazole rings is 1. The minimum absolute atomic E-state index is 0.0505. The third kappa shape index (κ3) is 7.92. The highest BCUT2D eigenvalue weighted by molar-refractivity contribution is 7.47. The number of anilines is 2. The van der Waals surface area contributed by atoms with E-state index >= 15 is 0 Å². The number of guanidine groups is 1. The maximum atomic E-state index is 12.9. The van der Waals surface area contributed by atoms with Crippen LogP contribution in [0.4, 0.5) is 11.6 Å². The number of nitrogens with one attached hydrogen (secondary N) is 2. The number of ether oxygens (including phenoxy) is 2. The Morgan fingerprint density at radius 2 is 1.93 bits per heavy atom. The van der Waals surface area contributed by atoms with E-state index in [2.05, 4.69) is 30.2 Å². The first-order valence-electron chi connectivity index (χ1n) is 14.2. The van der Waals surface area contributed by atoms with Gasteiger partial charge in [0, 0.05) is 25.6 Å². The van der Waals surface area contributed by atoms with Crippen LogP contribution in [0.25, 0.3) is 11.2 Å². The number of unbranched alkanes of at least 4 members (excludes halogenated alkanes) is 1. The minimum Gasteiger partial charge on any atom is -0.394 e. The molecule has 3 aromatic heterocycles. The second-order valence-electron chi connectivity index (χ2n) is 10.5. The van der Waals surface area contributed by atoms with Crippen molar-refractivity contribution in [2.24, 2.45) is 11.5 Å². The molecule has 21 heteroatoms. The van der Waals surface area contributed by atoms with Crippen LogP contribution in [0.2, 0.25) is 0 Å². The molecule has 3 aromatic rings. The fourth-order valence-electron chi connectivity index (χ4n) is 5.06.